The molecule has 1 aromatic rings. The van der Waals surface area contributed by atoms with Crippen LogP contribution in [-0.2, 0) is 0 Å². The number of thioether (sulfide) groups is 1. The Bertz CT molecular complexity index is 397. The highest BCUT2D eigenvalue weighted by Crippen LogP contribution is 2.22. The summed E-state index contributed by atoms with van der Waals surface area (Å²) >= 11 is 1.52. The van der Waals surface area contributed by atoms with Crippen molar-refractivity contribution in [3.05, 3.63) is 6.07 Å². The van der Waals surface area contributed by atoms with Gasteiger partial charge < -0.3 is 15.5 Å². The van der Waals surface area contributed by atoms with E-state index in [0.29, 0.717) is 11.9 Å². The number of rotatable bonds is 2. The Balaban J connectivity index is 2.24. The fraction of sp³-hybridized carbons (Fsp3) is 0.636. The van der Waals surface area contributed by atoms with Gasteiger partial charge in [-0.2, -0.15) is 0 Å². The third-order valence-electron chi connectivity index (χ3n) is 3.02. The molecule has 0 saturated carbocycles. The van der Waals surface area contributed by atoms with Crippen LogP contribution >= 0.6 is 11.8 Å². The van der Waals surface area contributed by atoms with Crippen molar-refractivity contribution in [1.82, 2.24) is 14.9 Å². The molecule has 1 aliphatic heterocycles. The van der Waals surface area contributed by atoms with E-state index in [1.807, 2.05) is 12.3 Å². The van der Waals surface area contributed by atoms with Gasteiger partial charge in [-0.25, -0.2) is 9.97 Å². The molecular weight excluding hydrogens is 234 g/mol. The highest BCUT2D eigenvalue weighted by molar-refractivity contribution is 7.98. The SMILES string of the molecule is CSc1nc(N)cc(N2CCN(C)CC2C)n1. The predicted molar refractivity (Wildman–Crippen MR) is 72.5 cm³/mol. The Labute approximate surface area is 106 Å². The lowest BCUT2D eigenvalue weighted by Crippen LogP contribution is -2.50. The molecule has 0 radical (unpaired) electrons. The summed E-state index contributed by atoms with van der Waals surface area (Å²) in [7, 11) is 2.15. The molecule has 1 atom stereocenters. The van der Waals surface area contributed by atoms with E-state index in [9.17, 15) is 0 Å². The van der Waals surface area contributed by atoms with Gasteiger partial charge in [0.2, 0.25) is 0 Å². The average molecular weight is 253 g/mol. The molecule has 6 heteroatoms. The highest BCUT2D eigenvalue weighted by Gasteiger charge is 2.23. The van der Waals surface area contributed by atoms with Crippen LogP contribution in [0.3, 0.4) is 0 Å². The maximum absolute atomic E-state index is 5.81. The summed E-state index contributed by atoms with van der Waals surface area (Å²) in [5.74, 6) is 1.49. The number of likely N-dealkylation sites (N-methyl/N-ethyl adjacent to an activating group) is 1. The van der Waals surface area contributed by atoms with Crippen molar-refractivity contribution in [2.45, 2.75) is 18.1 Å². The van der Waals surface area contributed by atoms with E-state index in [4.69, 9.17) is 5.73 Å². The average Bonchev–Trinajstić information content (AvgIpc) is 2.28. The van der Waals surface area contributed by atoms with E-state index in [-0.39, 0.29) is 0 Å². The smallest absolute Gasteiger partial charge is 0.191 e. The second-order valence-corrected chi connectivity index (χ2v) is 5.22. The number of nitrogens with two attached hydrogens (primary N) is 1. The number of aromatic nitrogens is 2. The summed E-state index contributed by atoms with van der Waals surface area (Å²) < 4.78 is 0. The van der Waals surface area contributed by atoms with Crippen LogP contribution in [-0.4, -0.2) is 53.8 Å². The van der Waals surface area contributed by atoms with E-state index in [0.717, 1.165) is 30.6 Å². The second-order valence-electron chi connectivity index (χ2n) is 4.44. The van der Waals surface area contributed by atoms with Gasteiger partial charge in [-0.1, -0.05) is 11.8 Å². The molecule has 1 aromatic heterocycles. The number of hydrogen-bond acceptors (Lipinski definition) is 6. The zero-order valence-corrected chi connectivity index (χ0v) is 11.4. The molecule has 94 valence electrons. The molecule has 5 nitrogen and oxygen atoms in total. The molecule has 0 bridgehead atoms. The van der Waals surface area contributed by atoms with Crippen molar-refractivity contribution >= 4 is 23.4 Å². The van der Waals surface area contributed by atoms with E-state index >= 15 is 0 Å². The molecule has 2 rings (SSSR count). The van der Waals surface area contributed by atoms with Gasteiger partial charge in [-0.05, 0) is 20.2 Å². The summed E-state index contributed by atoms with van der Waals surface area (Å²) in [5.41, 5.74) is 5.81. The van der Waals surface area contributed by atoms with E-state index in [1.165, 1.54) is 11.8 Å². The van der Waals surface area contributed by atoms with Crippen molar-refractivity contribution in [2.24, 2.45) is 0 Å². The molecule has 0 amide bonds. The van der Waals surface area contributed by atoms with Gasteiger partial charge in [0.25, 0.3) is 0 Å². The Hall–Kier alpha value is -1.01. The third kappa shape index (κ3) is 2.81. The quantitative estimate of drug-likeness (QED) is 0.625. The van der Waals surface area contributed by atoms with Crippen LogP contribution in [0.5, 0.6) is 0 Å². The first-order valence-corrected chi connectivity index (χ1v) is 6.96. The maximum atomic E-state index is 5.81. The van der Waals surface area contributed by atoms with Crippen LogP contribution in [0, 0.1) is 0 Å². The minimum atomic E-state index is 0.456. The zero-order valence-electron chi connectivity index (χ0n) is 10.6. The standard InChI is InChI=1S/C11H19N5S/c1-8-7-15(2)4-5-16(8)10-6-9(12)13-11(14-10)17-3/h6,8H,4-5,7H2,1-3H3,(H2,12,13,14). The zero-order chi connectivity index (χ0) is 12.4. The molecule has 1 saturated heterocycles. The van der Waals surface area contributed by atoms with Crippen LogP contribution < -0.4 is 10.6 Å². The third-order valence-corrected chi connectivity index (χ3v) is 3.57. The molecule has 0 aliphatic carbocycles. The lowest BCUT2D eigenvalue weighted by Gasteiger charge is -2.39. The molecular formula is C11H19N5S. The minimum absolute atomic E-state index is 0.456. The van der Waals surface area contributed by atoms with E-state index in [2.05, 4.69) is 33.7 Å². The van der Waals surface area contributed by atoms with Crippen LogP contribution in [0.2, 0.25) is 0 Å². The molecule has 0 spiro atoms. The first kappa shape index (κ1) is 12.4. The largest absolute Gasteiger partial charge is 0.383 e. The summed E-state index contributed by atoms with van der Waals surface area (Å²) in [5, 5.41) is 0.742. The van der Waals surface area contributed by atoms with Crippen molar-refractivity contribution in [1.29, 1.82) is 0 Å². The molecule has 2 N–H and O–H groups in total. The lowest BCUT2D eigenvalue weighted by atomic mass is 10.2. The first-order valence-electron chi connectivity index (χ1n) is 5.74. The molecule has 2 heterocycles. The first-order chi connectivity index (χ1) is 8.10. The normalized spacial score (nSPS) is 21.8. The van der Waals surface area contributed by atoms with Gasteiger partial charge in [0, 0.05) is 31.7 Å². The van der Waals surface area contributed by atoms with Crippen molar-refractivity contribution in [3.8, 4) is 0 Å². The van der Waals surface area contributed by atoms with Crippen molar-refractivity contribution < 1.29 is 0 Å². The van der Waals surface area contributed by atoms with Crippen LogP contribution in [0.15, 0.2) is 11.2 Å². The Morgan fingerprint density at radius 3 is 2.82 bits per heavy atom. The Morgan fingerprint density at radius 1 is 1.41 bits per heavy atom. The van der Waals surface area contributed by atoms with Gasteiger partial charge in [-0.15, -0.1) is 0 Å². The second kappa shape index (κ2) is 5.10. The van der Waals surface area contributed by atoms with Crippen LogP contribution in [0.25, 0.3) is 0 Å². The van der Waals surface area contributed by atoms with E-state index < -0.39 is 0 Å². The number of anilines is 2. The molecule has 1 fully saturated rings. The summed E-state index contributed by atoms with van der Waals surface area (Å²) in [6.45, 7) is 5.32. The molecule has 1 aliphatic rings. The monoisotopic (exact) mass is 253 g/mol. The fourth-order valence-corrected chi connectivity index (χ4v) is 2.53. The topological polar surface area (TPSA) is 58.3 Å². The highest BCUT2D eigenvalue weighted by atomic mass is 32.2. The summed E-state index contributed by atoms with van der Waals surface area (Å²) in [6.07, 6.45) is 1.96. The number of piperazine rings is 1. The Kier molecular flexibility index (Phi) is 3.73. The molecule has 17 heavy (non-hydrogen) atoms. The number of hydrogen-bond donors (Lipinski definition) is 1. The Morgan fingerprint density at radius 2 is 2.18 bits per heavy atom. The summed E-state index contributed by atoms with van der Waals surface area (Å²) in [4.78, 5) is 13.3. The molecule has 0 aromatic carbocycles. The van der Waals surface area contributed by atoms with Gasteiger partial charge in [0.05, 0.1) is 0 Å². The fourth-order valence-electron chi connectivity index (χ4n) is 2.15. The number of nitrogen functional groups attached to an aromatic ring is 1. The van der Waals surface area contributed by atoms with Gasteiger partial charge in [-0.3, -0.25) is 0 Å². The van der Waals surface area contributed by atoms with Gasteiger partial charge in [0.1, 0.15) is 11.6 Å². The maximum Gasteiger partial charge on any atom is 0.191 e. The van der Waals surface area contributed by atoms with Crippen molar-refractivity contribution in [2.75, 3.05) is 43.6 Å². The predicted octanol–water partition coefficient (Wildman–Crippen LogP) is 0.921. The van der Waals surface area contributed by atoms with Crippen LogP contribution in [0.4, 0.5) is 11.6 Å². The minimum Gasteiger partial charge on any atom is -0.383 e. The molecule has 1 unspecified atom stereocenters. The van der Waals surface area contributed by atoms with Gasteiger partial charge >= 0.3 is 0 Å². The van der Waals surface area contributed by atoms with Crippen molar-refractivity contribution in [3.63, 3.8) is 0 Å². The number of nitrogens with zero attached hydrogens (tertiary/aromatic N) is 4. The van der Waals surface area contributed by atoms with E-state index in [1.54, 1.807) is 0 Å². The lowest BCUT2D eigenvalue weighted by molar-refractivity contribution is 0.274. The van der Waals surface area contributed by atoms with Gasteiger partial charge in [0.15, 0.2) is 5.16 Å². The van der Waals surface area contributed by atoms with Crippen LogP contribution in [0.1, 0.15) is 6.92 Å². The summed E-state index contributed by atoms with van der Waals surface area (Å²) in [6, 6.07) is 2.32.